The maximum absolute atomic E-state index is 5.30. The van der Waals surface area contributed by atoms with Crippen LogP contribution in [0.15, 0.2) is 42.5 Å². The molecule has 0 aliphatic rings. The summed E-state index contributed by atoms with van der Waals surface area (Å²) < 4.78 is 5.30. The van der Waals surface area contributed by atoms with E-state index >= 15 is 0 Å². The van der Waals surface area contributed by atoms with E-state index < -0.39 is 0 Å². The number of ether oxygens (including phenoxy) is 1. The zero-order valence-electron chi connectivity index (χ0n) is 11.0. The molecule has 0 spiro atoms. The number of hydrogen-bond acceptors (Lipinski definition) is 2. The first-order valence-electron chi connectivity index (χ1n) is 6.66. The standard InChI is InChI=1S/C16H21NO/c1-2-18-11-5-10-17-13-14-8-9-15-6-3-4-7-16(15)12-14/h3-4,6-9,12,17H,2,5,10-11,13H2,1H3. The monoisotopic (exact) mass is 243 g/mol. The summed E-state index contributed by atoms with van der Waals surface area (Å²) in [6.45, 7) is 5.62. The highest BCUT2D eigenvalue weighted by atomic mass is 16.5. The van der Waals surface area contributed by atoms with Crippen LogP contribution in [-0.4, -0.2) is 19.8 Å². The minimum atomic E-state index is 0.810. The average molecular weight is 243 g/mol. The largest absolute Gasteiger partial charge is 0.382 e. The predicted molar refractivity (Wildman–Crippen MR) is 76.8 cm³/mol. The van der Waals surface area contributed by atoms with Crippen molar-refractivity contribution >= 4 is 10.8 Å². The molecule has 0 fully saturated rings. The van der Waals surface area contributed by atoms with Gasteiger partial charge >= 0.3 is 0 Å². The van der Waals surface area contributed by atoms with E-state index in [1.807, 2.05) is 6.92 Å². The summed E-state index contributed by atoms with van der Waals surface area (Å²) in [5, 5.41) is 6.06. The highest BCUT2D eigenvalue weighted by Crippen LogP contribution is 2.15. The van der Waals surface area contributed by atoms with Gasteiger partial charge in [0.15, 0.2) is 0 Å². The van der Waals surface area contributed by atoms with E-state index in [2.05, 4.69) is 47.8 Å². The van der Waals surface area contributed by atoms with Crippen molar-refractivity contribution < 1.29 is 4.74 Å². The Morgan fingerprint density at radius 2 is 1.89 bits per heavy atom. The van der Waals surface area contributed by atoms with Gasteiger partial charge in [-0.15, -0.1) is 0 Å². The molecule has 0 saturated carbocycles. The molecular weight excluding hydrogens is 222 g/mol. The van der Waals surface area contributed by atoms with Gasteiger partial charge in [-0.1, -0.05) is 36.4 Å². The lowest BCUT2D eigenvalue weighted by molar-refractivity contribution is 0.144. The molecule has 0 aromatic heterocycles. The van der Waals surface area contributed by atoms with Crippen LogP contribution in [0.1, 0.15) is 18.9 Å². The van der Waals surface area contributed by atoms with Gasteiger partial charge in [-0.05, 0) is 42.3 Å². The molecule has 2 nitrogen and oxygen atoms in total. The van der Waals surface area contributed by atoms with Crippen molar-refractivity contribution in [2.75, 3.05) is 19.8 Å². The summed E-state index contributed by atoms with van der Waals surface area (Å²) in [4.78, 5) is 0. The molecule has 0 saturated heterocycles. The minimum Gasteiger partial charge on any atom is -0.382 e. The summed E-state index contributed by atoms with van der Waals surface area (Å²) in [6, 6.07) is 15.1. The molecule has 0 bridgehead atoms. The Kier molecular flexibility index (Phi) is 5.18. The number of rotatable bonds is 7. The van der Waals surface area contributed by atoms with Crippen molar-refractivity contribution in [1.29, 1.82) is 0 Å². The van der Waals surface area contributed by atoms with Gasteiger partial charge in [-0.25, -0.2) is 0 Å². The lowest BCUT2D eigenvalue weighted by Crippen LogP contribution is -2.16. The van der Waals surface area contributed by atoms with Crippen molar-refractivity contribution in [2.24, 2.45) is 0 Å². The summed E-state index contributed by atoms with van der Waals surface area (Å²) in [5.74, 6) is 0. The van der Waals surface area contributed by atoms with Crippen LogP contribution in [0.25, 0.3) is 10.8 Å². The Labute approximate surface area is 109 Å². The number of nitrogens with one attached hydrogen (secondary N) is 1. The molecule has 96 valence electrons. The molecule has 1 N–H and O–H groups in total. The number of benzene rings is 2. The maximum atomic E-state index is 5.30. The van der Waals surface area contributed by atoms with Gasteiger partial charge in [-0.2, -0.15) is 0 Å². The Bertz CT molecular complexity index is 481. The van der Waals surface area contributed by atoms with E-state index in [0.29, 0.717) is 0 Å². The molecule has 0 heterocycles. The van der Waals surface area contributed by atoms with Crippen LogP contribution in [-0.2, 0) is 11.3 Å². The fraction of sp³-hybridized carbons (Fsp3) is 0.375. The van der Waals surface area contributed by atoms with Crippen LogP contribution in [0.2, 0.25) is 0 Å². The molecule has 0 aliphatic heterocycles. The molecule has 0 radical (unpaired) electrons. The van der Waals surface area contributed by atoms with Crippen LogP contribution in [0.3, 0.4) is 0 Å². The number of fused-ring (bicyclic) bond motifs is 1. The normalized spacial score (nSPS) is 10.9. The lowest BCUT2D eigenvalue weighted by atomic mass is 10.1. The van der Waals surface area contributed by atoms with Crippen molar-refractivity contribution in [2.45, 2.75) is 19.9 Å². The molecule has 2 rings (SSSR count). The third kappa shape index (κ3) is 3.83. The SMILES string of the molecule is CCOCCCNCc1ccc2ccccc2c1. The highest BCUT2D eigenvalue weighted by molar-refractivity contribution is 5.82. The quantitative estimate of drug-likeness (QED) is 0.753. The highest BCUT2D eigenvalue weighted by Gasteiger charge is 1.96. The Morgan fingerprint density at radius 3 is 2.72 bits per heavy atom. The molecule has 0 atom stereocenters. The first kappa shape index (κ1) is 13.1. The van der Waals surface area contributed by atoms with Gasteiger partial charge in [0.2, 0.25) is 0 Å². The van der Waals surface area contributed by atoms with Crippen molar-refractivity contribution in [3.05, 3.63) is 48.0 Å². The predicted octanol–water partition coefficient (Wildman–Crippen LogP) is 3.36. The van der Waals surface area contributed by atoms with E-state index in [1.54, 1.807) is 0 Å². The van der Waals surface area contributed by atoms with Crippen LogP contribution in [0, 0.1) is 0 Å². The zero-order valence-corrected chi connectivity index (χ0v) is 11.0. The maximum Gasteiger partial charge on any atom is 0.0477 e. The fourth-order valence-corrected chi connectivity index (χ4v) is 2.03. The molecule has 2 aromatic carbocycles. The zero-order chi connectivity index (χ0) is 12.6. The first-order chi connectivity index (χ1) is 8.90. The second-order valence-corrected chi connectivity index (χ2v) is 4.41. The smallest absolute Gasteiger partial charge is 0.0477 e. The third-order valence-electron chi connectivity index (χ3n) is 2.99. The van der Waals surface area contributed by atoms with Crippen LogP contribution in [0.4, 0.5) is 0 Å². The number of hydrogen-bond donors (Lipinski definition) is 1. The van der Waals surface area contributed by atoms with Gasteiger partial charge in [0, 0.05) is 19.8 Å². The van der Waals surface area contributed by atoms with Gasteiger partial charge < -0.3 is 10.1 Å². The van der Waals surface area contributed by atoms with Crippen LogP contribution in [0.5, 0.6) is 0 Å². The van der Waals surface area contributed by atoms with Crippen molar-refractivity contribution in [3.8, 4) is 0 Å². The van der Waals surface area contributed by atoms with Crippen LogP contribution < -0.4 is 5.32 Å². The van der Waals surface area contributed by atoms with Gasteiger partial charge in [0.25, 0.3) is 0 Å². The van der Waals surface area contributed by atoms with Gasteiger partial charge in [-0.3, -0.25) is 0 Å². The molecule has 2 aromatic rings. The fourth-order valence-electron chi connectivity index (χ4n) is 2.03. The second kappa shape index (κ2) is 7.14. The average Bonchev–Trinajstić information content (AvgIpc) is 2.42. The summed E-state index contributed by atoms with van der Waals surface area (Å²) >= 11 is 0. The topological polar surface area (TPSA) is 21.3 Å². The van der Waals surface area contributed by atoms with E-state index in [1.165, 1.54) is 16.3 Å². The first-order valence-corrected chi connectivity index (χ1v) is 6.66. The van der Waals surface area contributed by atoms with E-state index in [0.717, 1.165) is 32.7 Å². The summed E-state index contributed by atoms with van der Waals surface area (Å²) in [6.07, 6.45) is 1.07. The Morgan fingerprint density at radius 1 is 1.06 bits per heavy atom. The summed E-state index contributed by atoms with van der Waals surface area (Å²) in [5.41, 5.74) is 1.34. The Hall–Kier alpha value is -1.38. The van der Waals surface area contributed by atoms with Crippen molar-refractivity contribution in [1.82, 2.24) is 5.32 Å². The molecular formula is C16H21NO. The van der Waals surface area contributed by atoms with E-state index in [4.69, 9.17) is 4.74 Å². The van der Waals surface area contributed by atoms with E-state index in [9.17, 15) is 0 Å². The minimum absolute atomic E-state index is 0.810. The lowest BCUT2D eigenvalue weighted by Gasteiger charge is -2.06. The molecule has 0 unspecified atom stereocenters. The molecule has 18 heavy (non-hydrogen) atoms. The van der Waals surface area contributed by atoms with Gasteiger partial charge in [0.1, 0.15) is 0 Å². The van der Waals surface area contributed by atoms with Crippen molar-refractivity contribution in [3.63, 3.8) is 0 Å². The third-order valence-corrected chi connectivity index (χ3v) is 2.99. The van der Waals surface area contributed by atoms with Crippen LogP contribution >= 0.6 is 0 Å². The molecule has 2 heteroatoms. The summed E-state index contributed by atoms with van der Waals surface area (Å²) in [7, 11) is 0. The van der Waals surface area contributed by atoms with E-state index in [-0.39, 0.29) is 0 Å². The second-order valence-electron chi connectivity index (χ2n) is 4.41. The molecule has 0 amide bonds. The Balaban J connectivity index is 1.81. The van der Waals surface area contributed by atoms with Gasteiger partial charge in [0.05, 0.1) is 0 Å². The molecule has 0 aliphatic carbocycles.